The third-order valence-corrected chi connectivity index (χ3v) is 5.31. The Kier molecular flexibility index (Phi) is 4.72. The highest BCUT2D eigenvalue weighted by Crippen LogP contribution is 2.25. The highest BCUT2D eigenvalue weighted by molar-refractivity contribution is 5.91. The Morgan fingerprint density at radius 2 is 2.04 bits per heavy atom. The SMILES string of the molecule is CCc1cc(C(=O)N2CCC(O)(Cn3cnc4ccccc4c3=O)CC2)on1. The molecule has 0 aliphatic carbocycles. The van der Waals surface area contributed by atoms with Crippen LogP contribution in [-0.4, -0.2) is 49.3 Å². The van der Waals surface area contributed by atoms with E-state index in [2.05, 4.69) is 10.1 Å². The van der Waals surface area contributed by atoms with Gasteiger partial charge in [-0.3, -0.25) is 14.2 Å². The number of aryl methyl sites for hydroxylation is 1. The quantitative estimate of drug-likeness (QED) is 0.736. The minimum atomic E-state index is -1.07. The molecule has 0 radical (unpaired) electrons. The van der Waals surface area contributed by atoms with Crippen molar-refractivity contribution >= 4 is 16.8 Å². The summed E-state index contributed by atoms with van der Waals surface area (Å²) in [7, 11) is 0. The molecule has 1 N–H and O–H groups in total. The van der Waals surface area contributed by atoms with Crippen molar-refractivity contribution in [1.82, 2.24) is 19.6 Å². The molecule has 0 saturated carbocycles. The van der Waals surface area contributed by atoms with Crippen LogP contribution in [-0.2, 0) is 13.0 Å². The molecule has 0 unspecified atom stereocenters. The Hall–Kier alpha value is -3.00. The van der Waals surface area contributed by atoms with Crippen LogP contribution in [0.15, 0.2) is 46.0 Å². The first-order valence-corrected chi connectivity index (χ1v) is 9.40. The van der Waals surface area contributed by atoms with Gasteiger partial charge >= 0.3 is 0 Å². The summed E-state index contributed by atoms with van der Waals surface area (Å²) in [5.41, 5.74) is 0.127. The Balaban J connectivity index is 1.46. The topological polar surface area (TPSA) is 101 Å². The average molecular weight is 382 g/mol. The Morgan fingerprint density at radius 1 is 1.29 bits per heavy atom. The fraction of sp³-hybridized carbons (Fsp3) is 0.400. The normalized spacial score (nSPS) is 16.4. The molecule has 0 spiro atoms. The molecule has 1 fully saturated rings. The standard InChI is InChI=1S/C20H22N4O4/c1-2-14-11-17(28-22-14)19(26)23-9-7-20(27,8-10-23)12-24-13-21-16-6-4-3-5-15(16)18(24)25/h3-6,11,13,27H,2,7-10,12H2,1H3. The van der Waals surface area contributed by atoms with Gasteiger partial charge in [0.1, 0.15) is 0 Å². The first-order valence-electron chi connectivity index (χ1n) is 9.40. The van der Waals surface area contributed by atoms with Crippen LogP contribution in [0.4, 0.5) is 0 Å². The van der Waals surface area contributed by atoms with Crippen molar-refractivity contribution in [3.8, 4) is 0 Å². The van der Waals surface area contributed by atoms with Gasteiger partial charge < -0.3 is 14.5 Å². The van der Waals surface area contributed by atoms with Crippen LogP contribution in [0.25, 0.3) is 10.9 Å². The summed E-state index contributed by atoms with van der Waals surface area (Å²) in [5, 5.41) is 15.4. The van der Waals surface area contributed by atoms with Crippen LogP contribution >= 0.6 is 0 Å². The van der Waals surface area contributed by atoms with E-state index < -0.39 is 5.60 Å². The highest BCUT2D eigenvalue weighted by Gasteiger charge is 2.35. The zero-order valence-electron chi connectivity index (χ0n) is 15.7. The predicted molar refractivity (Wildman–Crippen MR) is 102 cm³/mol. The summed E-state index contributed by atoms with van der Waals surface area (Å²) in [4.78, 5) is 31.2. The van der Waals surface area contributed by atoms with Crippen molar-refractivity contribution in [3.63, 3.8) is 0 Å². The number of nitrogens with zero attached hydrogens (tertiary/aromatic N) is 4. The van der Waals surface area contributed by atoms with Gasteiger partial charge in [0.25, 0.3) is 11.5 Å². The number of benzene rings is 1. The number of rotatable bonds is 4. The van der Waals surface area contributed by atoms with Gasteiger partial charge in [-0.1, -0.05) is 24.2 Å². The molecular weight excluding hydrogens is 360 g/mol. The van der Waals surface area contributed by atoms with E-state index in [1.807, 2.05) is 13.0 Å². The number of piperidine rings is 1. The third-order valence-electron chi connectivity index (χ3n) is 5.31. The number of aromatic nitrogens is 3. The molecule has 0 atom stereocenters. The molecule has 1 amide bonds. The number of para-hydroxylation sites is 1. The van der Waals surface area contributed by atoms with Crippen LogP contribution in [0.1, 0.15) is 36.0 Å². The number of hydrogen-bond acceptors (Lipinski definition) is 6. The lowest BCUT2D eigenvalue weighted by Crippen LogP contribution is -2.49. The molecule has 8 heteroatoms. The zero-order chi connectivity index (χ0) is 19.7. The van der Waals surface area contributed by atoms with Crippen molar-refractivity contribution in [2.45, 2.75) is 38.3 Å². The molecule has 28 heavy (non-hydrogen) atoms. The molecule has 1 aliphatic heterocycles. The summed E-state index contributed by atoms with van der Waals surface area (Å²) >= 11 is 0. The van der Waals surface area contributed by atoms with Crippen LogP contribution in [0.3, 0.4) is 0 Å². The smallest absolute Gasteiger partial charge is 0.292 e. The molecule has 1 aromatic carbocycles. The number of aliphatic hydroxyl groups is 1. The van der Waals surface area contributed by atoms with E-state index in [0.29, 0.717) is 43.3 Å². The predicted octanol–water partition coefficient (Wildman–Crippen LogP) is 1.61. The largest absolute Gasteiger partial charge is 0.388 e. The van der Waals surface area contributed by atoms with Gasteiger partial charge in [-0.2, -0.15) is 0 Å². The van der Waals surface area contributed by atoms with Crippen molar-refractivity contribution in [2.24, 2.45) is 0 Å². The van der Waals surface area contributed by atoms with E-state index in [1.54, 1.807) is 29.2 Å². The van der Waals surface area contributed by atoms with E-state index in [0.717, 1.165) is 5.69 Å². The molecule has 0 bridgehead atoms. The number of carbonyl (C=O) groups is 1. The molecule has 3 aromatic rings. The van der Waals surface area contributed by atoms with E-state index >= 15 is 0 Å². The van der Waals surface area contributed by atoms with Gasteiger partial charge in [-0.05, 0) is 31.4 Å². The van der Waals surface area contributed by atoms with Gasteiger partial charge in [-0.15, -0.1) is 0 Å². The maximum absolute atomic E-state index is 12.7. The lowest BCUT2D eigenvalue weighted by Gasteiger charge is -2.38. The molecule has 1 aliphatic rings. The average Bonchev–Trinajstić information content (AvgIpc) is 3.20. The summed E-state index contributed by atoms with van der Waals surface area (Å²) in [5.74, 6) is -0.00368. The monoisotopic (exact) mass is 382 g/mol. The molecule has 146 valence electrons. The summed E-state index contributed by atoms with van der Waals surface area (Å²) in [6, 6.07) is 8.80. The van der Waals surface area contributed by atoms with Crippen molar-refractivity contribution in [1.29, 1.82) is 0 Å². The first kappa shape index (κ1) is 18.4. The summed E-state index contributed by atoms with van der Waals surface area (Å²) < 4.78 is 6.57. The van der Waals surface area contributed by atoms with Crippen LogP contribution in [0, 0.1) is 0 Å². The molecule has 1 saturated heterocycles. The van der Waals surface area contributed by atoms with E-state index in [1.165, 1.54) is 10.9 Å². The Labute approximate surface area is 161 Å². The minimum Gasteiger partial charge on any atom is -0.388 e. The molecule has 8 nitrogen and oxygen atoms in total. The fourth-order valence-corrected chi connectivity index (χ4v) is 3.56. The van der Waals surface area contributed by atoms with Crippen molar-refractivity contribution < 1.29 is 14.4 Å². The second kappa shape index (κ2) is 7.20. The lowest BCUT2D eigenvalue weighted by molar-refractivity contribution is -0.0305. The van der Waals surface area contributed by atoms with Gasteiger partial charge in [-0.25, -0.2) is 4.98 Å². The first-order chi connectivity index (χ1) is 13.5. The zero-order valence-corrected chi connectivity index (χ0v) is 15.7. The summed E-state index contributed by atoms with van der Waals surface area (Å²) in [6.45, 7) is 2.85. The number of hydrogen-bond donors (Lipinski definition) is 1. The Bertz CT molecular complexity index is 1060. The number of fused-ring (bicyclic) bond motifs is 1. The highest BCUT2D eigenvalue weighted by atomic mass is 16.5. The van der Waals surface area contributed by atoms with Gasteiger partial charge in [0, 0.05) is 19.2 Å². The van der Waals surface area contributed by atoms with Gasteiger partial charge in [0.05, 0.1) is 35.1 Å². The molecule has 2 aromatic heterocycles. The molecule has 3 heterocycles. The number of amides is 1. The summed E-state index contributed by atoms with van der Waals surface area (Å²) in [6.07, 6.45) is 2.91. The molecule has 4 rings (SSSR count). The molecular formula is C20H22N4O4. The van der Waals surface area contributed by atoms with Gasteiger partial charge in [0.2, 0.25) is 5.76 Å². The van der Waals surface area contributed by atoms with Crippen molar-refractivity contribution in [2.75, 3.05) is 13.1 Å². The maximum Gasteiger partial charge on any atom is 0.292 e. The van der Waals surface area contributed by atoms with E-state index in [9.17, 15) is 14.7 Å². The number of likely N-dealkylation sites (tertiary alicyclic amines) is 1. The minimum absolute atomic E-state index is 0.147. The van der Waals surface area contributed by atoms with Gasteiger partial charge in [0.15, 0.2) is 0 Å². The maximum atomic E-state index is 12.7. The van der Waals surface area contributed by atoms with E-state index in [-0.39, 0.29) is 23.8 Å². The second-order valence-electron chi connectivity index (χ2n) is 7.25. The van der Waals surface area contributed by atoms with Crippen LogP contribution in [0.5, 0.6) is 0 Å². The lowest BCUT2D eigenvalue weighted by atomic mass is 9.91. The third kappa shape index (κ3) is 3.43. The fourth-order valence-electron chi connectivity index (χ4n) is 3.56. The number of carbonyl (C=O) groups excluding carboxylic acids is 1. The second-order valence-corrected chi connectivity index (χ2v) is 7.25. The Morgan fingerprint density at radius 3 is 2.75 bits per heavy atom. The van der Waals surface area contributed by atoms with Crippen molar-refractivity contribution in [3.05, 3.63) is 58.5 Å². The van der Waals surface area contributed by atoms with E-state index in [4.69, 9.17) is 4.52 Å². The van der Waals surface area contributed by atoms with Crippen LogP contribution < -0.4 is 5.56 Å². The van der Waals surface area contributed by atoms with Crippen LogP contribution in [0.2, 0.25) is 0 Å².